The zero-order valence-electron chi connectivity index (χ0n) is 9.64. The molecular formula is C12H16N2O3. The Morgan fingerprint density at radius 3 is 3.18 bits per heavy atom. The maximum Gasteiger partial charge on any atom is 0.263 e. The third-order valence-electron chi connectivity index (χ3n) is 2.50. The number of carbonyl (C=O) groups is 1. The molecule has 1 unspecified atom stereocenters. The molecule has 2 atom stereocenters. The molecule has 0 spiro atoms. The van der Waals surface area contributed by atoms with Crippen molar-refractivity contribution in [1.29, 1.82) is 0 Å². The molecule has 1 aliphatic heterocycles. The smallest absolute Gasteiger partial charge is 0.263 e. The molecule has 3 N–H and O–H groups in total. The monoisotopic (exact) mass is 236 g/mol. The fourth-order valence-corrected chi connectivity index (χ4v) is 1.62. The van der Waals surface area contributed by atoms with E-state index in [2.05, 4.69) is 10.6 Å². The SMILES string of the molecule is C[C@@H](O)CNC(=O)C1CNc2ccccc2O1. The summed E-state index contributed by atoms with van der Waals surface area (Å²) in [5.41, 5.74) is 0.895. The highest BCUT2D eigenvalue weighted by molar-refractivity contribution is 5.83. The van der Waals surface area contributed by atoms with Gasteiger partial charge in [-0.05, 0) is 19.1 Å². The Hall–Kier alpha value is -1.75. The van der Waals surface area contributed by atoms with Gasteiger partial charge in [0.25, 0.3) is 5.91 Å². The average Bonchev–Trinajstić information content (AvgIpc) is 2.35. The average molecular weight is 236 g/mol. The molecular weight excluding hydrogens is 220 g/mol. The van der Waals surface area contributed by atoms with E-state index in [4.69, 9.17) is 9.84 Å². The van der Waals surface area contributed by atoms with Crippen LogP contribution in [0.5, 0.6) is 5.75 Å². The number of carbonyl (C=O) groups excluding carboxylic acids is 1. The number of hydrogen-bond donors (Lipinski definition) is 3. The number of anilines is 1. The van der Waals surface area contributed by atoms with E-state index in [0.717, 1.165) is 5.69 Å². The lowest BCUT2D eigenvalue weighted by molar-refractivity contribution is -0.128. The number of nitrogens with one attached hydrogen (secondary N) is 2. The number of ether oxygens (including phenoxy) is 1. The topological polar surface area (TPSA) is 70.6 Å². The second-order valence-electron chi connectivity index (χ2n) is 4.08. The van der Waals surface area contributed by atoms with Gasteiger partial charge < -0.3 is 20.5 Å². The minimum Gasteiger partial charge on any atom is -0.477 e. The van der Waals surface area contributed by atoms with Gasteiger partial charge in [-0.15, -0.1) is 0 Å². The van der Waals surface area contributed by atoms with Gasteiger partial charge in [0.15, 0.2) is 6.10 Å². The molecule has 1 aliphatic rings. The van der Waals surface area contributed by atoms with Gasteiger partial charge in [-0.2, -0.15) is 0 Å². The van der Waals surface area contributed by atoms with Gasteiger partial charge in [0.05, 0.1) is 18.3 Å². The lowest BCUT2D eigenvalue weighted by Gasteiger charge is -2.26. The summed E-state index contributed by atoms with van der Waals surface area (Å²) in [7, 11) is 0. The molecule has 0 saturated heterocycles. The number of hydrogen-bond acceptors (Lipinski definition) is 4. The minimum absolute atomic E-state index is 0.215. The van der Waals surface area contributed by atoms with Gasteiger partial charge in [-0.1, -0.05) is 12.1 Å². The molecule has 92 valence electrons. The molecule has 5 heteroatoms. The maximum absolute atomic E-state index is 11.7. The summed E-state index contributed by atoms with van der Waals surface area (Å²) >= 11 is 0. The molecule has 2 rings (SSSR count). The third-order valence-corrected chi connectivity index (χ3v) is 2.50. The van der Waals surface area contributed by atoms with Gasteiger partial charge in [0.1, 0.15) is 5.75 Å². The van der Waals surface area contributed by atoms with Crippen LogP contribution in [0.2, 0.25) is 0 Å². The van der Waals surface area contributed by atoms with E-state index in [1.807, 2.05) is 24.3 Å². The van der Waals surface area contributed by atoms with Crippen molar-refractivity contribution in [1.82, 2.24) is 5.32 Å². The van der Waals surface area contributed by atoms with E-state index in [1.54, 1.807) is 6.92 Å². The van der Waals surface area contributed by atoms with E-state index < -0.39 is 12.2 Å². The normalized spacial score (nSPS) is 19.5. The van der Waals surface area contributed by atoms with Crippen LogP contribution in [0.1, 0.15) is 6.92 Å². The highest BCUT2D eigenvalue weighted by atomic mass is 16.5. The largest absolute Gasteiger partial charge is 0.477 e. The predicted octanol–water partition coefficient (Wildman–Crippen LogP) is 0.356. The summed E-state index contributed by atoms with van der Waals surface area (Å²) in [5, 5.41) is 14.8. The minimum atomic E-state index is -0.553. The first-order valence-electron chi connectivity index (χ1n) is 5.62. The van der Waals surface area contributed by atoms with Gasteiger partial charge in [-0.3, -0.25) is 4.79 Å². The molecule has 1 heterocycles. The Morgan fingerprint density at radius 2 is 2.41 bits per heavy atom. The Labute approximate surface area is 99.8 Å². The standard InChI is InChI=1S/C12H16N2O3/c1-8(15)6-14-12(16)11-7-13-9-4-2-3-5-10(9)17-11/h2-5,8,11,13,15H,6-7H2,1H3,(H,14,16)/t8-,11?/m1/s1. The molecule has 17 heavy (non-hydrogen) atoms. The summed E-state index contributed by atoms with van der Waals surface area (Å²) in [6.45, 7) is 2.29. The third kappa shape index (κ3) is 2.88. The molecule has 0 bridgehead atoms. The van der Waals surface area contributed by atoms with Crippen molar-refractivity contribution < 1.29 is 14.6 Å². The summed E-state index contributed by atoms with van der Waals surface area (Å²) < 4.78 is 5.57. The first-order chi connectivity index (χ1) is 8.16. The van der Waals surface area contributed by atoms with Gasteiger partial charge in [-0.25, -0.2) is 0 Å². The molecule has 0 aromatic heterocycles. The maximum atomic E-state index is 11.7. The van der Waals surface area contributed by atoms with E-state index >= 15 is 0 Å². The van der Waals surface area contributed by atoms with E-state index in [-0.39, 0.29) is 12.5 Å². The van der Waals surface area contributed by atoms with Crippen molar-refractivity contribution in [3.05, 3.63) is 24.3 Å². The van der Waals surface area contributed by atoms with Crippen LogP contribution in [0.3, 0.4) is 0 Å². The molecule has 5 nitrogen and oxygen atoms in total. The van der Waals surface area contributed by atoms with Crippen molar-refractivity contribution in [2.75, 3.05) is 18.4 Å². The summed E-state index contributed by atoms with van der Waals surface area (Å²) in [4.78, 5) is 11.7. The van der Waals surface area contributed by atoms with Crippen LogP contribution in [0.25, 0.3) is 0 Å². The number of amides is 1. The molecule has 1 aromatic rings. The van der Waals surface area contributed by atoms with Crippen LogP contribution in [-0.2, 0) is 4.79 Å². The lowest BCUT2D eigenvalue weighted by Crippen LogP contribution is -2.46. The van der Waals surface area contributed by atoms with E-state index in [0.29, 0.717) is 12.3 Å². The number of fused-ring (bicyclic) bond motifs is 1. The fraction of sp³-hybridized carbons (Fsp3) is 0.417. The van der Waals surface area contributed by atoms with Crippen molar-refractivity contribution in [2.45, 2.75) is 19.1 Å². The van der Waals surface area contributed by atoms with Crippen molar-refractivity contribution >= 4 is 11.6 Å². The molecule has 0 radical (unpaired) electrons. The summed E-state index contributed by atoms with van der Waals surface area (Å²) in [6.07, 6.45) is -1.11. The summed E-state index contributed by atoms with van der Waals surface area (Å²) in [5.74, 6) is 0.462. The van der Waals surface area contributed by atoms with Crippen LogP contribution < -0.4 is 15.4 Å². The van der Waals surface area contributed by atoms with Crippen LogP contribution in [0.15, 0.2) is 24.3 Å². The molecule has 1 amide bonds. The van der Waals surface area contributed by atoms with Crippen LogP contribution in [0, 0.1) is 0 Å². The number of aliphatic hydroxyl groups is 1. The molecule has 0 aliphatic carbocycles. The Kier molecular flexibility index (Phi) is 3.49. The van der Waals surface area contributed by atoms with Crippen molar-refractivity contribution in [2.24, 2.45) is 0 Å². The van der Waals surface area contributed by atoms with Gasteiger partial charge >= 0.3 is 0 Å². The second-order valence-corrected chi connectivity index (χ2v) is 4.08. The Balaban J connectivity index is 1.95. The zero-order valence-corrected chi connectivity index (χ0v) is 9.64. The lowest BCUT2D eigenvalue weighted by atomic mass is 10.2. The van der Waals surface area contributed by atoms with Gasteiger partial charge in [0.2, 0.25) is 0 Å². The second kappa shape index (κ2) is 5.05. The Morgan fingerprint density at radius 1 is 1.65 bits per heavy atom. The van der Waals surface area contributed by atoms with Crippen molar-refractivity contribution in [3.8, 4) is 5.75 Å². The van der Waals surface area contributed by atoms with Crippen LogP contribution in [0.4, 0.5) is 5.69 Å². The van der Waals surface area contributed by atoms with E-state index in [9.17, 15) is 4.79 Å². The predicted molar refractivity (Wildman–Crippen MR) is 64.0 cm³/mol. The number of benzene rings is 1. The quantitative estimate of drug-likeness (QED) is 0.708. The Bertz CT molecular complexity index is 406. The number of para-hydroxylation sites is 2. The first-order valence-corrected chi connectivity index (χ1v) is 5.62. The number of rotatable bonds is 3. The van der Waals surface area contributed by atoms with Crippen LogP contribution in [-0.4, -0.2) is 36.3 Å². The molecule has 0 saturated carbocycles. The fourth-order valence-electron chi connectivity index (χ4n) is 1.62. The highest BCUT2D eigenvalue weighted by Crippen LogP contribution is 2.27. The van der Waals surface area contributed by atoms with Crippen LogP contribution >= 0.6 is 0 Å². The molecule has 1 aromatic carbocycles. The van der Waals surface area contributed by atoms with Gasteiger partial charge in [0, 0.05) is 6.54 Å². The first kappa shape index (κ1) is 11.7. The summed E-state index contributed by atoms with van der Waals surface area (Å²) in [6, 6.07) is 7.48. The highest BCUT2D eigenvalue weighted by Gasteiger charge is 2.25. The zero-order chi connectivity index (χ0) is 12.3. The number of aliphatic hydroxyl groups excluding tert-OH is 1. The van der Waals surface area contributed by atoms with E-state index in [1.165, 1.54) is 0 Å². The van der Waals surface area contributed by atoms with Crippen molar-refractivity contribution in [3.63, 3.8) is 0 Å². The molecule has 0 fully saturated rings.